The standard InChI is InChI=1S/C16H14BrF2NOS/c1-10(22-9-11-2-5-13(18)6-3-11)16(21)20-15-7-4-12(17)8-14(15)19/h2-8,10H,9H2,1H3,(H,20,21)/t10-/m0/s1. The Morgan fingerprint density at radius 3 is 2.55 bits per heavy atom. The number of carbonyl (C=O) groups is 1. The fourth-order valence-corrected chi connectivity index (χ4v) is 2.88. The highest BCUT2D eigenvalue weighted by atomic mass is 79.9. The molecule has 2 nitrogen and oxygen atoms in total. The van der Waals surface area contributed by atoms with E-state index in [9.17, 15) is 13.6 Å². The zero-order chi connectivity index (χ0) is 16.1. The summed E-state index contributed by atoms with van der Waals surface area (Å²) in [4.78, 5) is 12.1. The number of thioether (sulfide) groups is 1. The van der Waals surface area contributed by atoms with Crippen LogP contribution in [0.5, 0.6) is 0 Å². The van der Waals surface area contributed by atoms with Gasteiger partial charge in [0.15, 0.2) is 0 Å². The van der Waals surface area contributed by atoms with Crippen molar-refractivity contribution in [1.29, 1.82) is 0 Å². The molecular weight excluding hydrogens is 372 g/mol. The van der Waals surface area contributed by atoms with Crippen LogP contribution in [0.1, 0.15) is 12.5 Å². The molecule has 0 bridgehead atoms. The van der Waals surface area contributed by atoms with E-state index in [1.165, 1.54) is 36.0 Å². The molecule has 116 valence electrons. The quantitative estimate of drug-likeness (QED) is 0.785. The number of hydrogen-bond acceptors (Lipinski definition) is 2. The highest BCUT2D eigenvalue weighted by Crippen LogP contribution is 2.22. The molecule has 0 aliphatic carbocycles. The fraction of sp³-hybridized carbons (Fsp3) is 0.188. The van der Waals surface area contributed by atoms with Crippen LogP contribution >= 0.6 is 27.7 Å². The lowest BCUT2D eigenvalue weighted by molar-refractivity contribution is -0.115. The zero-order valence-corrected chi connectivity index (χ0v) is 14.2. The summed E-state index contributed by atoms with van der Waals surface area (Å²) in [6.07, 6.45) is 0. The van der Waals surface area contributed by atoms with Crippen molar-refractivity contribution in [2.24, 2.45) is 0 Å². The predicted molar refractivity (Wildman–Crippen MR) is 89.9 cm³/mol. The maximum absolute atomic E-state index is 13.7. The third-order valence-corrected chi connectivity index (χ3v) is 4.68. The third-order valence-electron chi connectivity index (χ3n) is 2.97. The molecule has 6 heteroatoms. The van der Waals surface area contributed by atoms with Crippen molar-refractivity contribution in [3.05, 3.63) is 64.1 Å². The van der Waals surface area contributed by atoms with E-state index in [0.717, 1.165) is 5.56 Å². The molecule has 1 amide bonds. The van der Waals surface area contributed by atoms with Gasteiger partial charge in [-0.05, 0) is 42.8 Å². The Morgan fingerprint density at radius 1 is 1.23 bits per heavy atom. The van der Waals surface area contributed by atoms with Crippen LogP contribution < -0.4 is 5.32 Å². The van der Waals surface area contributed by atoms with E-state index in [-0.39, 0.29) is 22.7 Å². The first-order valence-electron chi connectivity index (χ1n) is 6.57. The van der Waals surface area contributed by atoms with Crippen molar-refractivity contribution in [3.8, 4) is 0 Å². The summed E-state index contributed by atoms with van der Waals surface area (Å²) in [6, 6.07) is 10.6. The highest BCUT2D eigenvalue weighted by Gasteiger charge is 2.15. The molecule has 0 aliphatic rings. The van der Waals surface area contributed by atoms with Crippen LogP contribution in [0.3, 0.4) is 0 Å². The lowest BCUT2D eigenvalue weighted by Crippen LogP contribution is -2.23. The second-order valence-corrected chi connectivity index (χ2v) is 6.94. The van der Waals surface area contributed by atoms with Gasteiger partial charge < -0.3 is 5.32 Å². The summed E-state index contributed by atoms with van der Waals surface area (Å²) in [5.74, 6) is -0.463. The summed E-state index contributed by atoms with van der Waals surface area (Å²) in [6.45, 7) is 1.75. The molecule has 1 atom stereocenters. The maximum Gasteiger partial charge on any atom is 0.237 e. The number of anilines is 1. The Morgan fingerprint density at radius 2 is 1.91 bits per heavy atom. The van der Waals surface area contributed by atoms with Gasteiger partial charge in [0, 0.05) is 10.2 Å². The second kappa shape index (κ2) is 7.74. The summed E-state index contributed by atoms with van der Waals surface area (Å²) >= 11 is 4.57. The molecule has 0 saturated heterocycles. The number of nitrogens with one attached hydrogen (secondary N) is 1. The zero-order valence-electron chi connectivity index (χ0n) is 11.8. The average molecular weight is 386 g/mol. The monoisotopic (exact) mass is 385 g/mol. The Labute approximate surface area is 140 Å². The molecule has 0 unspecified atom stereocenters. The van der Waals surface area contributed by atoms with Crippen LogP contribution in [-0.2, 0) is 10.5 Å². The normalized spacial score (nSPS) is 12.0. The molecule has 0 spiro atoms. The summed E-state index contributed by atoms with van der Waals surface area (Å²) in [5, 5.41) is 2.21. The van der Waals surface area contributed by atoms with Gasteiger partial charge in [0.2, 0.25) is 5.91 Å². The molecular formula is C16H14BrF2NOS. The van der Waals surface area contributed by atoms with E-state index in [4.69, 9.17) is 0 Å². The highest BCUT2D eigenvalue weighted by molar-refractivity contribution is 9.10. The van der Waals surface area contributed by atoms with Crippen molar-refractivity contribution in [2.45, 2.75) is 17.9 Å². The molecule has 0 radical (unpaired) electrons. The molecule has 0 heterocycles. The molecule has 0 aromatic heterocycles. The topological polar surface area (TPSA) is 29.1 Å². The van der Waals surface area contributed by atoms with Crippen LogP contribution in [0.4, 0.5) is 14.5 Å². The summed E-state index contributed by atoms with van der Waals surface area (Å²) < 4.78 is 27.1. The van der Waals surface area contributed by atoms with E-state index in [2.05, 4.69) is 21.2 Å². The lowest BCUT2D eigenvalue weighted by Gasteiger charge is -2.12. The molecule has 1 N–H and O–H groups in total. The van der Waals surface area contributed by atoms with Gasteiger partial charge in [-0.3, -0.25) is 4.79 Å². The largest absolute Gasteiger partial charge is 0.323 e. The van der Waals surface area contributed by atoms with Gasteiger partial charge in [-0.15, -0.1) is 11.8 Å². The SMILES string of the molecule is C[C@H](SCc1ccc(F)cc1)C(=O)Nc1ccc(Br)cc1F. The molecule has 0 aliphatic heterocycles. The van der Waals surface area contributed by atoms with Crippen LogP contribution in [0, 0.1) is 11.6 Å². The third kappa shape index (κ3) is 4.81. The van der Waals surface area contributed by atoms with Crippen molar-refractivity contribution in [1.82, 2.24) is 0 Å². The maximum atomic E-state index is 13.7. The van der Waals surface area contributed by atoms with Crippen molar-refractivity contribution >= 4 is 39.3 Å². The number of amides is 1. The smallest absolute Gasteiger partial charge is 0.237 e. The Balaban J connectivity index is 1.90. The predicted octanol–water partition coefficient (Wildman–Crippen LogP) is 4.99. The first-order valence-corrected chi connectivity index (χ1v) is 8.42. The van der Waals surface area contributed by atoms with Crippen molar-refractivity contribution in [2.75, 3.05) is 5.32 Å². The number of rotatable bonds is 5. The summed E-state index contributed by atoms with van der Waals surface area (Å²) in [7, 11) is 0. The van der Waals surface area contributed by atoms with Gasteiger partial charge in [0.25, 0.3) is 0 Å². The van der Waals surface area contributed by atoms with Gasteiger partial charge in [-0.2, -0.15) is 0 Å². The van der Waals surface area contributed by atoms with E-state index in [1.807, 2.05) is 0 Å². The van der Waals surface area contributed by atoms with Crippen molar-refractivity contribution in [3.63, 3.8) is 0 Å². The van der Waals surface area contributed by atoms with Gasteiger partial charge in [-0.1, -0.05) is 28.1 Å². The Bertz CT molecular complexity index is 664. The van der Waals surface area contributed by atoms with Gasteiger partial charge in [0.1, 0.15) is 11.6 Å². The number of halogens is 3. The van der Waals surface area contributed by atoms with E-state index < -0.39 is 5.82 Å². The van der Waals surface area contributed by atoms with Crippen LogP contribution in [0.2, 0.25) is 0 Å². The number of carbonyl (C=O) groups excluding carboxylic acids is 1. The molecule has 2 aromatic rings. The average Bonchev–Trinajstić information content (AvgIpc) is 2.49. The molecule has 0 fully saturated rings. The number of benzene rings is 2. The Kier molecular flexibility index (Phi) is 5.97. The van der Waals surface area contributed by atoms with Gasteiger partial charge >= 0.3 is 0 Å². The number of hydrogen-bond donors (Lipinski definition) is 1. The molecule has 2 aromatic carbocycles. The van der Waals surface area contributed by atoms with Gasteiger partial charge in [-0.25, -0.2) is 8.78 Å². The van der Waals surface area contributed by atoms with Gasteiger partial charge in [0.05, 0.1) is 10.9 Å². The molecule has 22 heavy (non-hydrogen) atoms. The molecule has 2 rings (SSSR count). The minimum atomic E-state index is -0.488. The Hall–Kier alpha value is -1.40. The van der Waals surface area contributed by atoms with E-state index >= 15 is 0 Å². The van der Waals surface area contributed by atoms with E-state index in [0.29, 0.717) is 10.2 Å². The lowest BCUT2D eigenvalue weighted by atomic mass is 10.2. The van der Waals surface area contributed by atoms with Crippen LogP contribution in [0.15, 0.2) is 46.9 Å². The minimum absolute atomic E-state index is 0.155. The van der Waals surface area contributed by atoms with E-state index in [1.54, 1.807) is 25.1 Å². The second-order valence-electron chi connectivity index (χ2n) is 4.69. The first-order chi connectivity index (χ1) is 10.5. The summed E-state index contributed by atoms with van der Waals surface area (Å²) in [5.41, 5.74) is 1.09. The minimum Gasteiger partial charge on any atom is -0.323 e. The van der Waals surface area contributed by atoms with Crippen LogP contribution in [-0.4, -0.2) is 11.2 Å². The van der Waals surface area contributed by atoms with Crippen LogP contribution in [0.25, 0.3) is 0 Å². The fourth-order valence-electron chi connectivity index (χ4n) is 1.70. The van der Waals surface area contributed by atoms with Crippen molar-refractivity contribution < 1.29 is 13.6 Å². The molecule has 0 saturated carbocycles. The first kappa shape index (κ1) is 17.0.